The molecule has 4 N–H and O–H groups in total. The fourth-order valence-electron chi connectivity index (χ4n) is 1.33. The van der Waals surface area contributed by atoms with Crippen LogP contribution < -0.4 is 11.1 Å². The minimum Gasteiger partial charge on any atom is -0.459 e. The zero-order chi connectivity index (χ0) is 12.3. The molecule has 1 aromatic heterocycles. The molecule has 0 aliphatic carbocycles. The summed E-state index contributed by atoms with van der Waals surface area (Å²) in [5, 5.41) is 9.90. The maximum absolute atomic E-state index is 11.6. The topological polar surface area (TPSA) is 92.1 Å². The lowest BCUT2D eigenvalue weighted by Gasteiger charge is -2.04. The molecule has 0 aliphatic heterocycles. The summed E-state index contributed by atoms with van der Waals surface area (Å²) in [5.41, 5.74) is 6.56. The van der Waals surface area contributed by atoms with Gasteiger partial charge in [0.15, 0.2) is 5.76 Å². The minimum atomic E-state index is -0.314. The van der Waals surface area contributed by atoms with E-state index in [4.69, 9.17) is 15.6 Å². The van der Waals surface area contributed by atoms with Crippen molar-refractivity contribution in [1.82, 2.24) is 0 Å². The van der Waals surface area contributed by atoms with Crippen molar-refractivity contribution in [1.29, 1.82) is 5.41 Å². The Bertz CT molecular complexity index is 535. The number of benzene rings is 1. The highest BCUT2D eigenvalue weighted by Crippen LogP contribution is 2.11. The number of carbonyl (C=O) groups excluding carboxylic acids is 1. The van der Waals surface area contributed by atoms with E-state index in [-0.39, 0.29) is 29.9 Å². The second-order valence-electron chi connectivity index (χ2n) is 3.42. The number of amidine groups is 1. The first-order valence-electron chi connectivity index (χ1n) is 4.96. The third-order valence-electron chi connectivity index (χ3n) is 2.20. The van der Waals surface area contributed by atoms with Crippen LogP contribution >= 0.6 is 12.4 Å². The van der Waals surface area contributed by atoms with Gasteiger partial charge in [-0.3, -0.25) is 10.2 Å². The van der Waals surface area contributed by atoms with Gasteiger partial charge in [-0.1, -0.05) is 0 Å². The molecule has 0 aliphatic rings. The first-order valence-corrected chi connectivity index (χ1v) is 4.96. The van der Waals surface area contributed by atoms with Gasteiger partial charge in [-0.25, -0.2) is 0 Å². The number of hydrogen-bond donors (Lipinski definition) is 3. The first kappa shape index (κ1) is 13.8. The lowest BCUT2D eigenvalue weighted by molar-refractivity contribution is 0.0996. The molecule has 0 saturated carbocycles. The summed E-state index contributed by atoms with van der Waals surface area (Å²) in [7, 11) is 0. The van der Waals surface area contributed by atoms with Crippen LogP contribution in [0.5, 0.6) is 0 Å². The normalized spacial score (nSPS) is 9.33. The van der Waals surface area contributed by atoms with E-state index >= 15 is 0 Å². The van der Waals surface area contributed by atoms with Crippen LogP contribution in [0.3, 0.4) is 0 Å². The maximum Gasteiger partial charge on any atom is 0.291 e. The van der Waals surface area contributed by atoms with Crippen LogP contribution in [0, 0.1) is 5.41 Å². The fraction of sp³-hybridized carbons (Fsp3) is 0. The lowest BCUT2D eigenvalue weighted by Crippen LogP contribution is -2.12. The zero-order valence-electron chi connectivity index (χ0n) is 9.34. The van der Waals surface area contributed by atoms with Gasteiger partial charge < -0.3 is 15.5 Å². The fourth-order valence-corrected chi connectivity index (χ4v) is 1.33. The van der Waals surface area contributed by atoms with Gasteiger partial charge in [0, 0.05) is 11.3 Å². The van der Waals surface area contributed by atoms with Crippen molar-refractivity contribution in [2.24, 2.45) is 5.73 Å². The molecule has 2 aromatic rings. The highest BCUT2D eigenvalue weighted by atomic mass is 35.5. The van der Waals surface area contributed by atoms with Crippen LogP contribution in [0.4, 0.5) is 5.69 Å². The van der Waals surface area contributed by atoms with Gasteiger partial charge in [0.05, 0.1) is 6.26 Å². The molecule has 1 amide bonds. The van der Waals surface area contributed by atoms with Crippen LogP contribution in [0.2, 0.25) is 0 Å². The Balaban J connectivity index is 0.00000162. The van der Waals surface area contributed by atoms with Gasteiger partial charge in [-0.2, -0.15) is 0 Å². The molecule has 0 radical (unpaired) electrons. The zero-order valence-corrected chi connectivity index (χ0v) is 10.2. The first-order chi connectivity index (χ1) is 8.16. The summed E-state index contributed by atoms with van der Waals surface area (Å²) in [5.74, 6) is -0.0693. The van der Waals surface area contributed by atoms with Crippen molar-refractivity contribution in [2.75, 3.05) is 5.32 Å². The molecule has 6 heteroatoms. The van der Waals surface area contributed by atoms with Gasteiger partial charge in [-0.15, -0.1) is 12.4 Å². The van der Waals surface area contributed by atoms with Gasteiger partial charge in [-0.05, 0) is 36.4 Å². The Labute approximate surface area is 110 Å². The summed E-state index contributed by atoms with van der Waals surface area (Å²) in [6.07, 6.45) is 1.44. The number of halogens is 1. The predicted molar refractivity (Wildman–Crippen MR) is 71.4 cm³/mol. The van der Waals surface area contributed by atoms with Gasteiger partial charge >= 0.3 is 0 Å². The number of nitrogens with one attached hydrogen (secondary N) is 2. The van der Waals surface area contributed by atoms with Gasteiger partial charge in [0.2, 0.25) is 0 Å². The summed E-state index contributed by atoms with van der Waals surface area (Å²) in [4.78, 5) is 11.6. The molecule has 2 rings (SSSR count). The highest BCUT2D eigenvalue weighted by Gasteiger charge is 2.08. The van der Waals surface area contributed by atoms with E-state index in [1.807, 2.05) is 0 Å². The Morgan fingerprint density at radius 2 is 1.89 bits per heavy atom. The number of rotatable bonds is 3. The van der Waals surface area contributed by atoms with E-state index in [9.17, 15) is 4.79 Å². The number of carbonyl (C=O) groups is 1. The van der Waals surface area contributed by atoms with Gasteiger partial charge in [0.1, 0.15) is 5.84 Å². The molecule has 5 nitrogen and oxygen atoms in total. The largest absolute Gasteiger partial charge is 0.459 e. The van der Waals surface area contributed by atoms with E-state index in [0.717, 1.165) is 0 Å². The number of nitrogen functional groups attached to an aromatic ring is 1. The molecule has 0 fully saturated rings. The third kappa shape index (κ3) is 3.11. The summed E-state index contributed by atoms with van der Waals surface area (Å²) in [6.45, 7) is 0. The van der Waals surface area contributed by atoms with Crippen molar-refractivity contribution < 1.29 is 9.21 Å². The summed E-state index contributed by atoms with van der Waals surface area (Å²) < 4.78 is 4.96. The predicted octanol–water partition coefficient (Wildman–Crippen LogP) is 2.24. The number of nitrogens with two attached hydrogens (primary N) is 1. The van der Waals surface area contributed by atoms with Crippen molar-refractivity contribution >= 4 is 29.8 Å². The summed E-state index contributed by atoms with van der Waals surface area (Å²) in [6, 6.07) is 9.92. The molecule has 0 unspecified atom stereocenters. The SMILES string of the molecule is Cl.N=C(N)c1ccc(NC(=O)c2ccco2)cc1. The third-order valence-corrected chi connectivity index (χ3v) is 2.20. The number of furan rings is 1. The molecule has 0 spiro atoms. The van der Waals surface area contributed by atoms with Crippen LogP contribution in [0.25, 0.3) is 0 Å². The quantitative estimate of drug-likeness (QED) is 0.587. The van der Waals surface area contributed by atoms with Crippen LogP contribution in [-0.2, 0) is 0 Å². The molecule has 94 valence electrons. The molecule has 1 aromatic carbocycles. The monoisotopic (exact) mass is 265 g/mol. The molecule has 0 saturated heterocycles. The van der Waals surface area contributed by atoms with E-state index in [0.29, 0.717) is 11.3 Å². The van der Waals surface area contributed by atoms with E-state index in [1.54, 1.807) is 36.4 Å². The molecular weight excluding hydrogens is 254 g/mol. The average Bonchev–Trinajstić information content (AvgIpc) is 2.83. The molecular formula is C12H12ClN3O2. The molecule has 1 heterocycles. The molecule has 18 heavy (non-hydrogen) atoms. The Morgan fingerprint density at radius 1 is 1.22 bits per heavy atom. The average molecular weight is 266 g/mol. The van der Waals surface area contributed by atoms with Gasteiger partial charge in [0.25, 0.3) is 5.91 Å². The molecule has 0 atom stereocenters. The highest BCUT2D eigenvalue weighted by molar-refractivity contribution is 6.02. The second kappa shape index (κ2) is 5.88. The van der Waals surface area contributed by atoms with Crippen molar-refractivity contribution in [2.45, 2.75) is 0 Å². The number of anilines is 1. The standard InChI is InChI=1S/C12H11N3O2.ClH/c13-11(14)8-3-5-9(6-4-8)15-12(16)10-2-1-7-17-10;/h1-7H,(H3,13,14)(H,15,16);1H. The van der Waals surface area contributed by atoms with Crippen LogP contribution in [0.15, 0.2) is 47.1 Å². The minimum absolute atomic E-state index is 0. The van der Waals surface area contributed by atoms with Crippen molar-refractivity contribution in [3.8, 4) is 0 Å². The summed E-state index contributed by atoms with van der Waals surface area (Å²) >= 11 is 0. The smallest absolute Gasteiger partial charge is 0.291 e. The Morgan fingerprint density at radius 3 is 2.39 bits per heavy atom. The number of amides is 1. The maximum atomic E-state index is 11.6. The van der Waals surface area contributed by atoms with E-state index in [2.05, 4.69) is 5.32 Å². The number of hydrogen-bond acceptors (Lipinski definition) is 3. The lowest BCUT2D eigenvalue weighted by atomic mass is 10.2. The van der Waals surface area contributed by atoms with Crippen molar-refractivity contribution in [3.63, 3.8) is 0 Å². The second-order valence-corrected chi connectivity index (χ2v) is 3.42. The van der Waals surface area contributed by atoms with Crippen molar-refractivity contribution in [3.05, 3.63) is 54.0 Å². The van der Waals surface area contributed by atoms with E-state index < -0.39 is 0 Å². The Kier molecular flexibility index (Phi) is 4.51. The van der Waals surface area contributed by atoms with E-state index in [1.165, 1.54) is 6.26 Å². The Hall–Kier alpha value is -2.27. The molecule has 0 bridgehead atoms. The van der Waals surface area contributed by atoms with Crippen LogP contribution in [-0.4, -0.2) is 11.7 Å². The van der Waals surface area contributed by atoms with Crippen LogP contribution in [0.1, 0.15) is 16.1 Å².